The molecule has 5 nitrogen and oxygen atoms in total. The summed E-state index contributed by atoms with van der Waals surface area (Å²) >= 11 is 0. The summed E-state index contributed by atoms with van der Waals surface area (Å²) in [6, 6.07) is 0.0103. The third-order valence-electron chi connectivity index (χ3n) is 2.84. The van der Waals surface area contributed by atoms with E-state index in [2.05, 4.69) is 0 Å². The molecule has 1 saturated heterocycles. The Kier molecular flexibility index (Phi) is 3.34. The van der Waals surface area contributed by atoms with Crippen molar-refractivity contribution in [2.75, 3.05) is 20.3 Å². The molecule has 1 aliphatic heterocycles. The highest BCUT2D eigenvalue weighted by Crippen LogP contribution is 2.22. The summed E-state index contributed by atoms with van der Waals surface area (Å²) in [5, 5.41) is 8.92. The number of carboxylic acids is 1. The number of carbonyl (C=O) groups is 2. The van der Waals surface area contributed by atoms with Gasteiger partial charge in [-0.1, -0.05) is 0 Å². The molecular weight excluding hydrogens is 198 g/mol. The minimum Gasteiger partial charge on any atom is -0.480 e. The van der Waals surface area contributed by atoms with Crippen LogP contribution in [0.25, 0.3) is 0 Å². The van der Waals surface area contributed by atoms with Crippen LogP contribution in [0.3, 0.4) is 0 Å². The molecule has 1 atom stereocenters. The Balaban J connectivity index is 2.70. The highest BCUT2D eigenvalue weighted by Gasteiger charge is 2.40. The fourth-order valence-electron chi connectivity index (χ4n) is 1.53. The van der Waals surface area contributed by atoms with E-state index in [1.807, 2.05) is 0 Å². The number of nitrogens with zero attached hydrogens (tertiary/aromatic N) is 1. The molecule has 15 heavy (non-hydrogen) atoms. The van der Waals surface area contributed by atoms with Crippen molar-refractivity contribution in [3.05, 3.63) is 0 Å². The molecule has 1 N–H and O–H groups in total. The largest absolute Gasteiger partial charge is 0.480 e. The number of hydrogen-bond acceptors (Lipinski definition) is 3. The second kappa shape index (κ2) is 4.18. The molecule has 0 bridgehead atoms. The lowest BCUT2D eigenvalue weighted by atomic mass is 9.91. The maximum atomic E-state index is 11.9. The van der Waals surface area contributed by atoms with Crippen molar-refractivity contribution < 1.29 is 19.4 Å². The second-order valence-electron chi connectivity index (χ2n) is 4.36. The van der Waals surface area contributed by atoms with E-state index in [9.17, 15) is 9.59 Å². The summed E-state index contributed by atoms with van der Waals surface area (Å²) in [6.07, 6.45) is 0.776. The number of rotatable bonds is 3. The van der Waals surface area contributed by atoms with Gasteiger partial charge in [-0.3, -0.25) is 9.59 Å². The standard InChI is InChI=1S/C10H17NO4/c1-10(2,9(13)14)8(12)11(3)7-4-5-15-6-7/h7H,4-6H2,1-3H3,(H,13,14). The van der Waals surface area contributed by atoms with Gasteiger partial charge in [-0.05, 0) is 20.3 Å². The fourth-order valence-corrected chi connectivity index (χ4v) is 1.53. The van der Waals surface area contributed by atoms with Crippen molar-refractivity contribution >= 4 is 11.9 Å². The van der Waals surface area contributed by atoms with Crippen molar-refractivity contribution in [1.82, 2.24) is 4.90 Å². The van der Waals surface area contributed by atoms with Crippen LogP contribution in [-0.2, 0) is 14.3 Å². The van der Waals surface area contributed by atoms with Crippen LogP contribution < -0.4 is 0 Å². The molecule has 0 aromatic heterocycles. The molecule has 1 heterocycles. The van der Waals surface area contributed by atoms with E-state index in [0.717, 1.165) is 6.42 Å². The molecule has 1 rings (SSSR count). The third kappa shape index (κ3) is 2.28. The van der Waals surface area contributed by atoms with Crippen LogP contribution in [0.5, 0.6) is 0 Å². The van der Waals surface area contributed by atoms with Gasteiger partial charge in [-0.2, -0.15) is 0 Å². The minimum atomic E-state index is -1.36. The van der Waals surface area contributed by atoms with Gasteiger partial charge in [0.2, 0.25) is 5.91 Å². The first-order valence-electron chi connectivity index (χ1n) is 4.95. The topological polar surface area (TPSA) is 66.8 Å². The average Bonchev–Trinajstić information content (AvgIpc) is 2.67. The number of carboxylic acid groups (broad SMARTS) is 1. The summed E-state index contributed by atoms with van der Waals surface area (Å²) in [5.74, 6) is -1.47. The molecule has 0 aliphatic carbocycles. The summed E-state index contributed by atoms with van der Waals surface area (Å²) in [5.41, 5.74) is -1.36. The van der Waals surface area contributed by atoms with Crippen LogP contribution in [0.2, 0.25) is 0 Å². The predicted molar refractivity (Wildman–Crippen MR) is 53.4 cm³/mol. The molecule has 1 unspecified atom stereocenters. The van der Waals surface area contributed by atoms with E-state index in [-0.39, 0.29) is 11.9 Å². The van der Waals surface area contributed by atoms with Crippen LogP contribution in [0.1, 0.15) is 20.3 Å². The number of amides is 1. The first-order chi connectivity index (χ1) is 6.87. The first-order valence-corrected chi connectivity index (χ1v) is 4.95. The molecular formula is C10H17NO4. The maximum Gasteiger partial charge on any atom is 0.318 e. The predicted octanol–water partition coefficient (Wildman–Crippen LogP) is 0.345. The Morgan fingerprint density at radius 1 is 1.47 bits per heavy atom. The number of hydrogen-bond donors (Lipinski definition) is 1. The highest BCUT2D eigenvalue weighted by molar-refractivity contribution is 6.01. The maximum absolute atomic E-state index is 11.9. The summed E-state index contributed by atoms with van der Waals surface area (Å²) in [7, 11) is 1.63. The van der Waals surface area contributed by atoms with Crippen LogP contribution in [-0.4, -0.2) is 48.2 Å². The van der Waals surface area contributed by atoms with Gasteiger partial charge in [0, 0.05) is 13.7 Å². The second-order valence-corrected chi connectivity index (χ2v) is 4.36. The van der Waals surface area contributed by atoms with Crippen LogP contribution in [0, 0.1) is 5.41 Å². The van der Waals surface area contributed by atoms with E-state index in [4.69, 9.17) is 9.84 Å². The SMILES string of the molecule is CN(C(=O)C(C)(C)C(=O)O)C1CCOC1. The molecule has 0 spiro atoms. The smallest absolute Gasteiger partial charge is 0.318 e. The fraction of sp³-hybridized carbons (Fsp3) is 0.800. The van der Waals surface area contributed by atoms with Gasteiger partial charge < -0.3 is 14.7 Å². The molecule has 0 aromatic carbocycles. The zero-order valence-electron chi connectivity index (χ0n) is 9.32. The number of carbonyl (C=O) groups excluding carboxylic acids is 1. The van der Waals surface area contributed by atoms with Gasteiger partial charge in [0.25, 0.3) is 0 Å². The lowest BCUT2D eigenvalue weighted by Gasteiger charge is -2.29. The van der Waals surface area contributed by atoms with Gasteiger partial charge in [0.1, 0.15) is 5.41 Å². The highest BCUT2D eigenvalue weighted by atomic mass is 16.5. The molecule has 86 valence electrons. The number of ether oxygens (including phenoxy) is 1. The molecule has 0 aromatic rings. The van der Waals surface area contributed by atoms with Gasteiger partial charge in [0.15, 0.2) is 0 Å². The molecule has 1 amide bonds. The summed E-state index contributed by atoms with van der Waals surface area (Å²) in [4.78, 5) is 24.3. The van der Waals surface area contributed by atoms with E-state index < -0.39 is 11.4 Å². The molecule has 1 fully saturated rings. The summed E-state index contributed by atoms with van der Waals surface area (Å²) in [6.45, 7) is 3.97. The Labute approximate surface area is 89.0 Å². The Morgan fingerprint density at radius 3 is 2.47 bits per heavy atom. The lowest BCUT2D eigenvalue weighted by molar-refractivity contribution is -0.158. The van der Waals surface area contributed by atoms with Crippen molar-refractivity contribution in [1.29, 1.82) is 0 Å². The Hall–Kier alpha value is -1.10. The molecule has 1 aliphatic rings. The van der Waals surface area contributed by atoms with Gasteiger partial charge >= 0.3 is 5.97 Å². The normalized spacial score (nSPS) is 21.4. The van der Waals surface area contributed by atoms with Crippen molar-refractivity contribution in [2.24, 2.45) is 5.41 Å². The minimum absolute atomic E-state index is 0.0103. The first kappa shape index (κ1) is 12.0. The van der Waals surface area contributed by atoms with Crippen molar-refractivity contribution in [2.45, 2.75) is 26.3 Å². The van der Waals surface area contributed by atoms with Crippen LogP contribution in [0.15, 0.2) is 0 Å². The molecule has 0 radical (unpaired) electrons. The average molecular weight is 215 g/mol. The summed E-state index contributed by atoms with van der Waals surface area (Å²) < 4.78 is 5.16. The molecule has 5 heteroatoms. The van der Waals surface area contributed by atoms with E-state index in [0.29, 0.717) is 13.2 Å². The van der Waals surface area contributed by atoms with Crippen LogP contribution >= 0.6 is 0 Å². The van der Waals surface area contributed by atoms with E-state index in [1.54, 1.807) is 7.05 Å². The lowest BCUT2D eigenvalue weighted by Crippen LogP contribution is -2.47. The third-order valence-corrected chi connectivity index (χ3v) is 2.84. The van der Waals surface area contributed by atoms with Crippen molar-refractivity contribution in [3.63, 3.8) is 0 Å². The van der Waals surface area contributed by atoms with E-state index in [1.165, 1.54) is 18.7 Å². The number of likely N-dealkylation sites (N-methyl/N-ethyl adjacent to an activating group) is 1. The zero-order valence-corrected chi connectivity index (χ0v) is 9.32. The van der Waals surface area contributed by atoms with Crippen LogP contribution in [0.4, 0.5) is 0 Å². The molecule has 0 saturated carbocycles. The Bertz CT molecular complexity index is 269. The zero-order chi connectivity index (χ0) is 11.6. The van der Waals surface area contributed by atoms with Crippen molar-refractivity contribution in [3.8, 4) is 0 Å². The van der Waals surface area contributed by atoms with Gasteiger partial charge in [-0.15, -0.1) is 0 Å². The Morgan fingerprint density at radius 2 is 2.07 bits per heavy atom. The van der Waals surface area contributed by atoms with E-state index >= 15 is 0 Å². The monoisotopic (exact) mass is 215 g/mol. The van der Waals surface area contributed by atoms with Gasteiger partial charge in [0.05, 0.1) is 12.6 Å². The van der Waals surface area contributed by atoms with Gasteiger partial charge in [-0.25, -0.2) is 0 Å². The number of aliphatic carboxylic acids is 1. The quantitative estimate of drug-likeness (QED) is 0.689.